The third kappa shape index (κ3) is 2.20. The molecule has 1 atom stereocenters. The average Bonchev–Trinajstić information content (AvgIpc) is 2.91. The normalized spacial score (nSPS) is 14.8. The SMILES string of the molecule is Fc1ccc(C(Br)c2ccc3c(c2)CCO3)c(F)c1F. The predicted octanol–water partition coefficient (Wildman–Crippen LogP) is 4.52. The van der Waals surface area contributed by atoms with Gasteiger partial charge in [-0.2, -0.15) is 0 Å². The Morgan fingerprint density at radius 3 is 2.65 bits per heavy atom. The van der Waals surface area contributed by atoms with Crippen LogP contribution in [0.25, 0.3) is 0 Å². The summed E-state index contributed by atoms with van der Waals surface area (Å²) in [5, 5.41) is 0. The van der Waals surface area contributed by atoms with Crippen LogP contribution in [-0.2, 0) is 6.42 Å². The van der Waals surface area contributed by atoms with Crippen LogP contribution in [-0.4, -0.2) is 6.61 Å². The molecule has 1 heterocycles. The molecule has 1 nitrogen and oxygen atoms in total. The quantitative estimate of drug-likeness (QED) is 0.575. The van der Waals surface area contributed by atoms with Crippen molar-refractivity contribution in [3.05, 3.63) is 64.5 Å². The third-order valence-electron chi connectivity index (χ3n) is 3.34. The summed E-state index contributed by atoms with van der Waals surface area (Å²) in [4.78, 5) is -0.538. The van der Waals surface area contributed by atoms with Crippen LogP contribution < -0.4 is 4.74 Å². The fourth-order valence-corrected chi connectivity index (χ4v) is 2.92. The number of alkyl halides is 1. The van der Waals surface area contributed by atoms with E-state index in [9.17, 15) is 13.2 Å². The summed E-state index contributed by atoms with van der Waals surface area (Å²) in [6.07, 6.45) is 0.795. The minimum absolute atomic E-state index is 0.0720. The van der Waals surface area contributed by atoms with Gasteiger partial charge in [0.05, 0.1) is 11.4 Å². The molecule has 0 aromatic heterocycles. The summed E-state index contributed by atoms with van der Waals surface area (Å²) in [7, 11) is 0. The van der Waals surface area contributed by atoms with E-state index in [1.165, 1.54) is 6.07 Å². The van der Waals surface area contributed by atoms with Crippen molar-refractivity contribution in [3.63, 3.8) is 0 Å². The van der Waals surface area contributed by atoms with Crippen molar-refractivity contribution in [1.82, 2.24) is 0 Å². The summed E-state index contributed by atoms with van der Waals surface area (Å²) in [5.74, 6) is -2.98. The van der Waals surface area contributed by atoms with Gasteiger partial charge in [0.15, 0.2) is 17.5 Å². The Labute approximate surface area is 122 Å². The highest BCUT2D eigenvalue weighted by atomic mass is 79.9. The van der Waals surface area contributed by atoms with Gasteiger partial charge < -0.3 is 4.74 Å². The maximum absolute atomic E-state index is 13.8. The molecule has 0 radical (unpaired) electrons. The van der Waals surface area contributed by atoms with Gasteiger partial charge in [-0.05, 0) is 23.3 Å². The zero-order chi connectivity index (χ0) is 14.3. The lowest BCUT2D eigenvalue weighted by atomic mass is 10.0. The van der Waals surface area contributed by atoms with Gasteiger partial charge in [0.1, 0.15) is 5.75 Å². The van der Waals surface area contributed by atoms with Gasteiger partial charge in [-0.3, -0.25) is 0 Å². The van der Waals surface area contributed by atoms with Crippen molar-refractivity contribution in [2.24, 2.45) is 0 Å². The van der Waals surface area contributed by atoms with Crippen molar-refractivity contribution >= 4 is 15.9 Å². The van der Waals surface area contributed by atoms with Gasteiger partial charge in [0.2, 0.25) is 0 Å². The highest BCUT2D eigenvalue weighted by Gasteiger charge is 2.22. The first kappa shape index (κ1) is 13.5. The molecule has 1 aliphatic heterocycles. The van der Waals surface area contributed by atoms with E-state index in [1.54, 1.807) is 6.07 Å². The number of hydrogen-bond acceptors (Lipinski definition) is 1. The molecular weight excluding hydrogens is 333 g/mol. The summed E-state index contributed by atoms with van der Waals surface area (Å²) in [6.45, 7) is 0.630. The van der Waals surface area contributed by atoms with Crippen molar-refractivity contribution < 1.29 is 17.9 Å². The molecule has 20 heavy (non-hydrogen) atoms. The first-order chi connectivity index (χ1) is 9.58. The lowest BCUT2D eigenvalue weighted by Gasteiger charge is -2.13. The van der Waals surface area contributed by atoms with Crippen molar-refractivity contribution in [1.29, 1.82) is 0 Å². The van der Waals surface area contributed by atoms with Crippen molar-refractivity contribution in [2.45, 2.75) is 11.2 Å². The lowest BCUT2D eigenvalue weighted by Crippen LogP contribution is -2.01. The van der Waals surface area contributed by atoms with Crippen LogP contribution in [0, 0.1) is 17.5 Å². The minimum Gasteiger partial charge on any atom is -0.493 e. The third-order valence-corrected chi connectivity index (χ3v) is 4.37. The minimum atomic E-state index is -1.45. The Kier molecular flexibility index (Phi) is 3.46. The maximum Gasteiger partial charge on any atom is 0.194 e. The molecule has 1 unspecified atom stereocenters. The number of halogens is 4. The topological polar surface area (TPSA) is 9.23 Å². The average molecular weight is 343 g/mol. The van der Waals surface area contributed by atoms with E-state index in [2.05, 4.69) is 15.9 Å². The van der Waals surface area contributed by atoms with Crippen LogP contribution in [0.1, 0.15) is 21.5 Å². The molecule has 0 aliphatic carbocycles. The van der Waals surface area contributed by atoms with E-state index >= 15 is 0 Å². The van der Waals surface area contributed by atoms with Crippen LogP contribution in [0.2, 0.25) is 0 Å². The van der Waals surface area contributed by atoms with Crippen molar-refractivity contribution in [3.8, 4) is 5.75 Å². The molecule has 0 fully saturated rings. The number of ether oxygens (including phenoxy) is 1. The van der Waals surface area contributed by atoms with Crippen molar-refractivity contribution in [2.75, 3.05) is 6.61 Å². The molecule has 2 aromatic carbocycles. The van der Waals surface area contributed by atoms with Gasteiger partial charge in [0, 0.05) is 12.0 Å². The Morgan fingerprint density at radius 2 is 1.85 bits per heavy atom. The van der Waals surface area contributed by atoms with Crippen LogP contribution in [0.3, 0.4) is 0 Å². The van der Waals surface area contributed by atoms with E-state index in [-0.39, 0.29) is 5.56 Å². The zero-order valence-corrected chi connectivity index (χ0v) is 11.9. The molecule has 0 N–H and O–H groups in total. The number of hydrogen-bond donors (Lipinski definition) is 0. The molecule has 2 aromatic rings. The molecule has 0 saturated carbocycles. The van der Waals surface area contributed by atoms with Crippen LogP contribution in [0.4, 0.5) is 13.2 Å². The fourth-order valence-electron chi connectivity index (χ4n) is 2.28. The Bertz CT molecular complexity index is 672. The van der Waals surface area contributed by atoms with Gasteiger partial charge in [-0.1, -0.05) is 34.1 Å². The predicted molar refractivity (Wildman–Crippen MR) is 72.7 cm³/mol. The molecule has 5 heteroatoms. The molecule has 104 valence electrons. The highest BCUT2D eigenvalue weighted by molar-refractivity contribution is 9.09. The highest BCUT2D eigenvalue weighted by Crippen LogP contribution is 2.36. The Balaban J connectivity index is 2.00. The summed E-state index contributed by atoms with van der Waals surface area (Å²) in [5.41, 5.74) is 1.89. The summed E-state index contributed by atoms with van der Waals surface area (Å²) < 4.78 is 45.5. The van der Waals surface area contributed by atoms with E-state index in [0.29, 0.717) is 6.61 Å². The van der Waals surface area contributed by atoms with Gasteiger partial charge in [0.25, 0.3) is 0 Å². The number of rotatable bonds is 2. The lowest BCUT2D eigenvalue weighted by molar-refractivity contribution is 0.357. The smallest absolute Gasteiger partial charge is 0.194 e. The zero-order valence-electron chi connectivity index (χ0n) is 10.3. The fraction of sp³-hybridized carbons (Fsp3) is 0.200. The van der Waals surface area contributed by atoms with Crippen LogP contribution in [0.15, 0.2) is 30.3 Å². The van der Waals surface area contributed by atoms with E-state index in [0.717, 1.165) is 29.4 Å². The molecule has 0 amide bonds. The van der Waals surface area contributed by atoms with E-state index in [1.807, 2.05) is 12.1 Å². The monoisotopic (exact) mass is 342 g/mol. The Hall–Kier alpha value is -1.49. The second kappa shape index (κ2) is 5.13. The maximum atomic E-state index is 13.8. The first-order valence-corrected chi connectivity index (χ1v) is 7.02. The molecule has 3 rings (SSSR count). The van der Waals surface area contributed by atoms with Gasteiger partial charge >= 0.3 is 0 Å². The van der Waals surface area contributed by atoms with Crippen LogP contribution >= 0.6 is 15.9 Å². The van der Waals surface area contributed by atoms with Crippen LogP contribution in [0.5, 0.6) is 5.75 Å². The second-order valence-corrected chi connectivity index (χ2v) is 5.51. The van der Waals surface area contributed by atoms with E-state index < -0.39 is 22.3 Å². The van der Waals surface area contributed by atoms with Gasteiger partial charge in [-0.25, -0.2) is 13.2 Å². The number of fused-ring (bicyclic) bond motifs is 1. The number of benzene rings is 2. The molecule has 0 spiro atoms. The Morgan fingerprint density at radius 1 is 1.05 bits per heavy atom. The summed E-state index contributed by atoms with van der Waals surface area (Å²) in [6, 6.07) is 7.66. The van der Waals surface area contributed by atoms with Gasteiger partial charge in [-0.15, -0.1) is 0 Å². The first-order valence-electron chi connectivity index (χ1n) is 6.11. The second-order valence-electron chi connectivity index (χ2n) is 4.59. The molecule has 0 bridgehead atoms. The molecule has 0 saturated heterocycles. The van der Waals surface area contributed by atoms with E-state index in [4.69, 9.17) is 4.74 Å². The largest absolute Gasteiger partial charge is 0.493 e. The molecular formula is C15H10BrF3O. The standard InChI is InChI=1S/C15H10BrF3O/c16-13(10-2-3-11(17)15(19)14(10)18)9-1-4-12-8(7-9)5-6-20-12/h1-4,7,13H,5-6H2. The summed E-state index contributed by atoms with van der Waals surface area (Å²) >= 11 is 3.34. The molecule has 1 aliphatic rings.